The van der Waals surface area contributed by atoms with Crippen molar-refractivity contribution >= 4 is 11.8 Å². The standard InChI is InChI=1S/C10H15N3O2/c1-3-4-5-13(2)9-7-11-6-8(12-9)10(14)15/h6-7H,3-5H2,1-2H3,(H,14,15). The largest absolute Gasteiger partial charge is 0.476 e. The lowest BCUT2D eigenvalue weighted by atomic mass is 10.3. The van der Waals surface area contributed by atoms with Crippen LogP contribution in [-0.2, 0) is 0 Å². The predicted molar refractivity (Wildman–Crippen MR) is 57.2 cm³/mol. The molecule has 1 aromatic rings. The summed E-state index contributed by atoms with van der Waals surface area (Å²) >= 11 is 0. The van der Waals surface area contributed by atoms with Gasteiger partial charge >= 0.3 is 5.97 Å². The van der Waals surface area contributed by atoms with Crippen LogP contribution in [0.2, 0.25) is 0 Å². The molecule has 0 amide bonds. The molecule has 1 N–H and O–H groups in total. The minimum atomic E-state index is -1.05. The molecule has 0 bridgehead atoms. The van der Waals surface area contributed by atoms with E-state index in [4.69, 9.17) is 5.11 Å². The zero-order chi connectivity index (χ0) is 11.3. The van der Waals surface area contributed by atoms with Crippen molar-refractivity contribution in [3.63, 3.8) is 0 Å². The van der Waals surface area contributed by atoms with Gasteiger partial charge in [0, 0.05) is 13.6 Å². The van der Waals surface area contributed by atoms with E-state index in [1.807, 2.05) is 11.9 Å². The highest BCUT2D eigenvalue weighted by molar-refractivity contribution is 5.85. The number of carboxylic acid groups (broad SMARTS) is 1. The van der Waals surface area contributed by atoms with E-state index >= 15 is 0 Å². The van der Waals surface area contributed by atoms with Crippen molar-refractivity contribution in [1.29, 1.82) is 0 Å². The van der Waals surface area contributed by atoms with Gasteiger partial charge in [0.2, 0.25) is 0 Å². The maximum Gasteiger partial charge on any atom is 0.356 e. The van der Waals surface area contributed by atoms with Crippen LogP contribution in [0.25, 0.3) is 0 Å². The first-order valence-corrected chi connectivity index (χ1v) is 4.91. The fraction of sp³-hybridized carbons (Fsp3) is 0.500. The summed E-state index contributed by atoms with van der Waals surface area (Å²) in [4.78, 5) is 20.4. The first-order valence-electron chi connectivity index (χ1n) is 4.91. The Balaban J connectivity index is 2.76. The summed E-state index contributed by atoms with van der Waals surface area (Å²) < 4.78 is 0. The Morgan fingerprint density at radius 3 is 2.87 bits per heavy atom. The molecule has 82 valence electrons. The molecular weight excluding hydrogens is 194 g/mol. The summed E-state index contributed by atoms with van der Waals surface area (Å²) in [5.74, 6) is -0.448. The smallest absolute Gasteiger partial charge is 0.356 e. The van der Waals surface area contributed by atoms with Crippen molar-refractivity contribution in [3.05, 3.63) is 18.1 Å². The van der Waals surface area contributed by atoms with Gasteiger partial charge in [-0.3, -0.25) is 4.98 Å². The van der Waals surface area contributed by atoms with Crippen molar-refractivity contribution in [2.75, 3.05) is 18.5 Å². The van der Waals surface area contributed by atoms with Crippen molar-refractivity contribution < 1.29 is 9.90 Å². The lowest BCUT2D eigenvalue weighted by Crippen LogP contribution is -2.20. The molecule has 0 aromatic carbocycles. The van der Waals surface area contributed by atoms with Gasteiger partial charge in [-0.05, 0) is 6.42 Å². The van der Waals surface area contributed by atoms with E-state index in [1.54, 1.807) is 6.20 Å². The molecule has 0 fully saturated rings. The number of anilines is 1. The van der Waals surface area contributed by atoms with Crippen LogP contribution < -0.4 is 4.90 Å². The fourth-order valence-corrected chi connectivity index (χ4v) is 1.15. The van der Waals surface area contributed by atoms with Gasteiger partial charge in [0.15, 0.2) is 5.69 Å². The van der Waals surface area contributed by atoms with Crippen molar-refractivity contribution in [2.45, 2.75) is 19.8 Å². The number of carbonyl (C=O) groups is 1. The third kappa shape index (κ3) is 3.19. The second kappa shape index (κ2) is 5.29. The predicted octanol–water partition coefficient (Wildman–Crippen LogP) is 1.41. The zero-order valence-corrected chi connectivity index (χ0v) is 8.97. The van der Waals surface area contributed by atoms with Crippen molar-refractivity contribution in [2.24, 2.45) is 0 Å². The molecule has 5 nitrogen and oxygen atoms in total. The average Bonchev–Trinajstić information content (AvgIpc) is 2.26. The molecule has 0 saturated heterocycles. The minimum absolute atomic E-state index is 0.0177. The molecule has 1 heterocycles. The van der Waals surface area contributed by atoms with Crippen LogP contribution in [-0.4, -0.2) is 34.6 Å². The molecular formula is C10H15N3O2. The number of nitrogens with zero attached hydrogens (tertiary/aromatic N) is 3. The van der Waals surface area contributed by atoms with Crippen LogP contribution in [0.5, 0.6) is 0 Å². The highest BCUT2D eigenvalue weighted by atomic mass is 16.4. The maximum absolute atomic E-state index is 10.7. The lowest BCUT2D eigenvalue weighted by molar-refractivity contribution is 0.0690. The average molecular weight is 209 g/mol. The lowest BCUT2D eigenvalue weighted by Gasteiger charge is -2.17. The molecule has 0 atom stereocenters. The number of rotatable bonds is 5. The maximum atomic E-state index is 10.7. The molecule has 0 aliphatic rings. The highest BCUT2D eigenvalue weighted by Gasteiger charge is 2.08. The van der Waals surface area contributed by atoms with Crippen molar-refractivity contribution in [1.82, 2.24) is 9.97 Å². The van der Waals surface area contributed by atoms with E-state index < -0.39 is 5.97 Å². The Morgan fingerprint density at radius 2 is 2.27 bits per heavy atom. The molecule has 1 aromatic heterocycles. The Morgan fingerprint density at radius 1 is 1.53 bits per heavy atom. The number of aromatic nitrogens is 2. The van der Waals surface area contributed by atoms with Crippen LogP contribution in [0, 0.1) is 0 Å². The number of unbranched alkanes of at least 4 members (excludes halogenated alkanes) is 1. The Kier molecular flexibility index (Phi) is 4.03. The van der Waals surface area contributed by atoms with Gasteiger partial charge in [-0.15, -0.1) is 0 Å². The highest BCUT2D eigenvalue weighted by Crippen LogP contribution is 2.08. The molecule has 1 rings (SSSR count). The van der Waals surface area contributed by atoms with Crippen LogP contribution in [0.3, 0.4) is 0 Å². The van der Waals surface area contributed by atoms with Gasteiger partial charge in [-0.2, -0.15) is 0 Å². The van der Waals surface area contributed by atoms with E-state index in [0.29, 0.717) is 5.82 Å². The fourth-order valence-electron chi connectivity index (χ4n) is 1.15. The second-order valence-corrected chi connectivity index (χ2v) is 3.34. The number of aromatic carboxylic acids is 1. The van der Waals surface area contributed by atoms with Gasteiger partial charge in [-0.25, -0.2) is 9.78 Å². The quantitative estimate of drug-likeness (QED) is 0.794. The molecule has 5 heteroatoms. The molecule has 0 aliphatic carbocycles. The summed E-state index contributed by atoms with van der Waals surface area (Å²) in [6.07, 6.45) is 4.97. The normalized spacial score (nSPS) is 10.0. The van der Waals surface area contributed by atoms with E-state index in [1.165, 1.54) is 6.20 Å². The molecule has 0 radical (unpaired) electrons. The van der Waals surface area contributed by atoms with Gasteiger partial charge in [0.1, 0.15) is 5.82 Å². The van der Waals surface area contributed by atoms with Crippen LogP contribution in [0.15, 0.2) is 12.4 Å². The van der Waals surface area contributed by atoms with Gasteiger partial charge < -0.3 is 10.0 Å². The topological polar surface area (TPSA) is 66.3 Å². The number of hydrogen-bond acceptors (Lipinski definition) is 4. The summed E-state index contributed by atoms with van der Waals surface area (Å²) in [5.41, 5.74) is -0.0177. The molecule has 0 spiro atoms. The van der Waals surface area contributed by atoms with Gasteiger partial charge in [0.05, 0.1) is 12.4 Å². The van der Waals surface area contributed by atoms with E-state index in [9.17, 15) is 4.79 Å². The molecule has 15 heavy (non-hydrogen) atoms. The van der Waals surface area contributed by atoms with Crippen LogP contribution in [0.4, 0.5) is 5.82 Å². The number of carboxylic acids is 1. The monoisotopic (exact) mass is 209 g/mol. The van der Waals surface area contributed by atoms with Gasteiger partial charge in [-0.1, -0.05) is 13.3 Å². The summed E-state index contributed by atoms with van der Waals surface area (Å²) in [7, 11) is 1.88. The Labute approximate surface area is 88.8 Å². The number of hydrogen-bond donors (Lipinski definition) is 1. The van der Waals surface area contributed by atoms with E-state index in [-0.39, 0.29) is 5.69 Å². The minimum Gasteiger partial charge on any atom is -0.476 e. The molecule has 0 saturated carbocycles. The first kappa shape index (κ1) is 11.4. The Bertz CT molecular complexity index is 341. The second-order valence-electron chi connectivity index (χ2n) is 3.34. The van der Waals surface area contributed by atoms with Crippen LogP contribution in [0.1, 0.15) is 30.3 Å². The summed E-state index contributed by atoms with van der Waals surface area (Å²) in [6.45, 7) is 2.96. The van der Waals surface area contributed by atoms with Crippen LogP contribution >= 0.6 is 0 Å². The molecule has 0 aliphatic heterocycles. The molecule has 0 unspecified atom stereocenters. The zero-order valence-electron chi connectivity index (χ0n) is 8.97. The third-order valence-electron chi connectivity index (χ3n) is 2.08. The summed E-state index contributed by atoms with van der Waals surface area (Å²) in [5, 5.41) is 8.75. The Hall–Kier alpha value is -1.65. The summed E-state index contributed by atoms with van der Waals surface area (Å²) in [6, 6.07) is 0. The third-order valence-corrected chi connectivity index (χ3v) is 2.08. The first-order chi connectivity index (χ1) is 7.15. The SMILES string of the molecule is CCCCN(C)c1cncc(C(=O)O)n1. The van der Waals surface area contributed by atoms with Gasteiger partial charge in [0.25, 0.3) is 0 Å². The van der Waals surface area contributed by atoms with E-state index in [2.05, 4.69) is 16.9 Å². The van der Waals surface area contributed by atoms with Crippen molar-refractivity contribution in [3.8, 4) is 0 Å². The van der Waals surface area contributed by atoms with E-state index in [0.717, 1.165) is 19.4 Å².